The maximum atomic E-state index is 14.3. The number of carbonyl (C=O) groups excluding carboxylic acids is 2. The highest BCUT2D eigenvalue weighted by Crippen LogP contribution is 2.35. The number of halogens is 1. The van der Waals surface area contributed by atoms with Crippen LogP contribution in [0.5, 0.6) is 5.75 Å². The Kier molecular flexibility index (Phi) is 7.38. The van der Waals surface area contributed by atoms with E-state index < -0.39 is 23.7 Å². The average molecular weight is 451 g/mol. The number of rotatable bonds is 2. The molecule has 33 heavy (non-hydrogen) atoms. The Balaban J connectivity index is 0.000000442. The Morgan fingerprint density at radius 2 is 2.03 bits per heavy atom. The van der Waals surface area contributed by atoms with Crippen molar-refractivity contribution in [2.24, 2.45) is 5.73 Å². The Labute approximate surface area is 189 Å². The second-order valence-electron chi connectivity index (χ2n) is 6.87. The van der Waals surface area contributed by atoms with Gasteiger partial charge in [-0.3, -0.25) is 14.6 Å². The van der Waals surface area contributed by atoms with E-state index in [1.54, 1.807) is 12.4 Å². The van der Waals surface area contributed by atoms with E-state index in [9.17, 15) is 19.1 Å². The number of nitrogens with one attached hydrogen (secondary N) is 1. The highest BCUT2D eigenvalue weighted by atomic mass is 19.1. The van der Waals surface area contributed by atoms with Crippen LogP contribution in [0.3, 0.4) is 0 Å². The van der Waals surface area contributed by atoms with Gasteiger partial charge in [-0.15, -0.1) is 0 Å². The number of aromatic nitrogens is 3. The third-order valence-electron chi connectivity index (χ3n) is 4.51. The molecule has 0 radical (unpaired) electrons. The first-order valence-electron chi connectivity index (χ1n) is 9.97. The van der Waals surface area contributed by atoms with E-state index in [0.29, 0.717) is 5.56 Å². The summed E-state index contributed by atoms with van der Waals surface area (Å²) in [5.74, 6) is 3.47. The van der Waals surface area contributed by atoms with Crippen molar-refractivity contribution in [3.63, 3.8) is 0 Å². The lowest BCUT2D eigenvalue weighted by atomic mass is 10.1. The summed E-state index contributed by atoms with van der Waals surface area (Å²) in [4.78, 5) is 32.0. The Bertz CT molecular complexity index is 1200. The number of ether oxygens (including phenoxy) is 1. The second-order valence-corrected chi connectivity index (χ2v) is 6.87. The molecule has 1 aliphatic heterocycles. The van der Waals surface area contributed by atoms with Crippen LogP contribution in [0.2, 0.25) is 0 Å². The molecule has 3 aromatic rings. The van der Waals surface area contributed by atoms with Gasteiger partial charge in [0.05, 0.1) is 17.7 Å². The molecule has 4 rings (SSSR count). The van der Waals surface area contributed by atoms with Gasteiger partial charge in [0.1, 0.15) is 35.8 Å². The highest BCUT2D eigenvalue weighted by molar-refractivity contribution is 6.05. The van der Waals surface area contributed by atoms with E-state index in [1.165, 1.54) is 24.6 Å². The Hall–Kier alpha value is -4.23. The molecule has 10 heteroatoms. The number of fused-ring (bicyclic) bond motifs is 3. The van der Waals surface area contributed by atoms with Gasteiger partial charge in [0.15, 0.2) is 5.69 Å². The molecule has 0 bridgehead atoms. The van der Waals surface area contributed by atoms with Crippen molar-refractivity contribution in [3.05, 3.63) is 65.5 Å². The number of nitrogens with two attached hydrogens (primary N) is 1. The Morgan fingerprint density at radius 1 is 1.30 bits per heavy atom. The summed E-state index contributed by atoms with van der Waals surface area (Å²) in [7, 11) is 1.42. The van der Waals surface area contributed by atoms with E-state index in [1.807, 2.05) is 18.2 Å². The van der Waals surface area contributed by atoms with Crippen LogP contribution < -0.4 is 15.8 Å². The molecule has 0 unspecified atom stereocenters. The molecule has 3 heterocycles. The van der Waals surface area contributed by atoms with Gasteiger partial charge in [0, 0.05) is 25.5 Å². The summed E-state index contributed by atoms with van der Waals surface area (Å²) in [5.41, 5.74) is 5.59. The number of carbonyl (C=O) groups is 2. The van der Waals surface area contributed by atoms with Crippen LogP contribution in [0.25, 0.3) is 11.4 Å². The van der Waals surface area contributed by atoms with Gasteiger partial charge in [-0.1, -0.05) is 17.9 Å². The maximum Gasteiger partial charge on any atom is 0.270 e. The molecule has 2 aromatic heterocycles. The molecule has 4 N–H and O–H groups in total. The minimum atomic E-state index is -0.928. The Morgan fingerprint density at radius 3 is 2.58 bits per heavy atom. The van der Waals surface area contributed by atoms with Crippen LogP contribution in [0.4, 0.5) is 4.39 Å². The zero-order valence-corrected chi connectivity index (χ0v) is 18.0. The van der Waals surface area contributed by atoms with Crippen LogP contribution >= 0.6 is 0 Å². The van der Waals surface area contributed by atoms with Gasteiger partial charge in [0.2, 0.25) is 0 Å². The van der Waals surface area contributed by atoms with E-state index in [4.69, 9.17) is 10.5 Å². The molecule has 1 aliphatic rings. The number of imidazole rings is 1. The number of hydrogen-bond donors (Lipinski definition) is 3. The van der Waals surface area contributed by atoms with Gasteiger partial charge in [-0.25, -0.2) is 9.37 Å². The van der Waals surface area contributed by atoms with Crippen LogP contribution in [-0.4, -0.2) is 51.2 Å². The third-order valence-corrected chi connectivity index (χ3v) is 4.51. The lowest BCUT2D eigenvalue weighted by Crippen LogP contribution is -2.26. The number of pyridine rings is 1. The SMILES string of the molecule is CNC(=O)c1c(C(N)=O)nc2n1CCOc1cc(F)c(C#C[C@@H](C)O)cc1-2.c1ccncc1. The van der Waals surface area contributed by atoms with Gasteiger partial charge >= 0.3 is 0 Å². The monoisotopic (exact) mass is 451 g/mol. The van der Waals surface area contributed by atoms with Crippen molar-refractivity contribution in [2.75, 3.05) is 13.7 Å². The smallest absolute Gasteiger partial charge is 0.270 e. The lowest BCUT2D eigenvalue weighted by molar-refractivity contribution is 0.0933. The number of primary amides is 1. The average Bonchev–Trinajstić information content (AvgIpc) is 3.10. The number of benzene rings is 1. The fourth-order valence-electron chi connectivity index (χ4n) is 3.08. The number of aliphatic hydroxyl groups is 1. The minimum absolute atomic E-state index is 0.0115. The molecule has 0 fully saturated rings. The van der Waals surface area contributed by atoms with E-state index in [0.717, 1.165) is 6.07 Å². The van der Waals surface area contributed by atoms with Gasteiger partial charge in [-0.05, 0) is 25.1 Å². The van der Waals surface area contributed by atoms with Crippen LogP contribution in [-0.2, 0) is 6.54 Å². The maximum absolute atomic E-state index is 14.3. The lowest BCUT2D eigenvalue weighted by Gasteiger charge is -2.08. The number of aliphatic hydroxyl groups excluding tert-OH is 1. The first-order chi connectivity index (χ1) is 15.8. The standard InChI is InChI=1S/C18H17FN4O4.C5H5N/c1-9(24)3-4-10-7-11-13(8-12(10)19)27-6-5-23-15(18(26)21-2)14(16(20)25)22-17(11)23;1-2-4-6-5-3-1/h7-9,24H,5-6H2,1-2H3,(H2,20,25)(H,21,26);1-5H/t9-;/m1./s1. The molecule has 2 amide bonds. The molecule has 0 aliphatic carbocycles. The highest BCUT2D eigenvalue weighted by Gasteiger charge is 2.29. The topological polar surface area (TPSA) is 132 Å². The number of amides is 2. The molecular weight excluding hydrogens is 429 g/mol. The summed E-state index contributed by atoms with van der Waals surface area (Å²) >= 11 is 0. The zero-order valence-electron chi connectivity index (χ0n) is 18.0. The third kappa shape index (κ3) is 5.34. The van der Waals surface area contributed by atoms with Gasteiger partial charge in [-0.2, -0.15) is 0 Å². The summed E-state index contributed by atoms with van der Waals surface area (Å²) in [6.45, 7) is 1.80. The van der Waals surface area contributed by atoms with Gasteiger partial charge in [0.25, 0.3) is 11.8 Å². The van der Waals surface area contributed by atoms with Crippen molar-refractivity contribution < 1.29 is 23.8 Å². The van der Waals surface area contributed by atoms with E-state index >= 15 is 0 Å². The molecule has 0 spiro atoms. The largest absolute Gasteiger partial charge is 0.491 e. The molecular formula is C23H22FN5O4. The normalized spacial score (nSPS) is 12.2. The molecule has 170 valence electrons. The zero-order chi connectivity index (χ0) is 24.0. The minimum Gasteiger partial charge on any atom is -0.491 e. The molecule has 9 nitrogen and oxygen atoms in total. The summed E-state index contributed by atoms with van der Waals surface area (Å²) in [6.07, 6.45) is 2.57. The van der Waals surface area contributed by atoms with Crippen molar-refractivity contribution in [1.82, 2.24) is 19.9 Å². The van der Waals surface area contributed by atoms with Crippen LogP contribution in [0.1, 0.15) is 33.5 Å². The fourth-order valence-corrected chi connectivity index (χ4v) is 3.08. The van der Waals surface area contributed by atoms with Crippen molar-refractivity contribution in [3.8, 4) is 29.0 Å². The predicted octanol–water partition coefficient (Wildman–Crippen LogP) is 1.35. The number of nitrogens with zero attached hydrogens (tertiary/aromatic N) is 3. The van der Waals surface area contributed by atoms with Crippen LogP contribution in [0, 0.1) is 17.7 Å². The first kappa shape index (κ1) is 23.4. The van der Waals surface area contributed by atoms with Gasteiger partial charge < -0.3 is 25.5 Å². The number of hydrogen-bond acceptors (Lipinski definition) is 6. The first-order valence-corrected chi connectivity index (χ1v) is 9.97. The molecule has 0 saturated heterocycles. The predicted molar refractivity (Wildman–Crippen MR) is 118 cm³/mol. The summed E-state index contributed by atoms with van der Waals surface area (Å²) in [5, 5.41) is 11.8. The summed E-state index contributed by atoms with van der Waals surface area (Å²) < 4.78 is 21.4. The molecule has 1 aromatic carbocycles. The molecule has 0 saturated carbocycles. The summed E-state index contributed by atoms with van der Waals surface area (Å²) in [6, 6.07) is 8.28. The quantitative estimate of drug-likeness (QED) is 0.504. The second kappa shape index (κ2) is 10.4. The van der Waals surface area contributed by atoms with Crippen molar-refractivity contribution in [1.29, 1.82) is 0 Å². The van der Waals surface area contributed by atoms with Crippen LogP contribution in [0.15, 0.2) is 42.7 Å². The van der Waals surface area contributed by atoms with E-state index in [2.05, 4.69) is 27.1 Å². The fraction of sp³-hybridized carbons (Fsp3) is 0.217. The van der Waals surface area contributed by atoms with E-state index in [-0.39, 0.29) is 41.7 Å². The molecule has 1 atom stereocenters. The van der Waals surface area contributed by atoms with Crippen molar-refractivity contribution >= 4 is 11.8 Å². The van der Waals surface area contributed by atoms with Crippen molar-refractivity contribution in [2.45, 2.75) is 19.6 Å².